The third kappa shape index (κ3) is 3.22. The van der Waals surface area contributed by atoms with Gasteiger partial charge in [0.05, 0.1) is 0 Å². The van der Waals surface area contributed by atoms with Crippen molar-refractivity contribution in [1.82, 2.24) is 10.2 Å². The molecule has 0 spiro atoms. The van der Waals surface area contributed by atoms with Crippen molar-refractivity contribution in [3.63, 3.8) is 0 Å². The first kappa shape index (κ1) is 15.3. The van der Waals surface area contributed by atoms with E-state index < -0.39 is 0 Å². The summed E-state index contributed by atoms with van der Waals surface area (Å²) in [6.07, 6.45) is 0. The number of aromatic nitrogens is 2. The van der Waals surface area contributed by atoms with Gasteiger partial charge in [0.15, 0.2) is 0 Å². The van der Waals surface area contributed by atoms with Gasteiger partial charge in [-0.25, -0.2) is 0 Å². The first-order valence-corrected chi connectivity index (χ1v) is 8.27. The van der Waals surface area contributed by atoms with Gasteiger partial charge < -0.3 is 4.42 Å². The zero-order valence-corrected chi connectivity index (χ0v) is 14.2. The summed E-state index contributed by atoms with van der Waals surface area (Å²) in [4.78, 5) is 0. The molecule has 0 fully saturated rings. The van der Waals surface area contributed by atoms with Gasteiger partial charge >= 0.3 is 0 Å². The van der Waals surface area contributed by atoms with Crippen LogP contribution in [0, 0.1) is 13.8 Å². The van der Waals surface area contributed by atoms with Crippen LogP contribution in [0.3, 0.4) is 0 Å². The smallest absolute Gasteiger partial charge is 0.248 e. The third-order valence-electron chi connectivity index (χ3n) is 4.17. The molecule has 3 nitrogen and oxygen atoms in total. The molecule has 0 atom stereocenters. The normalized spacial score (nSPS) is 10.8. The van der Waals surface area contributed by atoms with Crippen LogP contribution in [0.5, 0.6) is 0 Å². The molecule has 3 aromatic carbocycles. The van der Waals surface area contributed by atoms with Gasteiger partial charge in [-0.2, -0.15) is 0 Å². The molecule has 25 heavy (non-hydrogen) atoms. The van der Waals surface area contributed by atoms with Crippen LogP contribution in [0.15, 0.2) is 77.2 Å². The molecule has 0 radical (unpaired) electrons. The van der Waals surface area contributed by atoms with E-state index in [0.717, 1.165) is 11.1 Å². The minimum absolute atomic E-state index is 0.535. The van der Waals surface area contributed by atoms with Crippen LogP contribution in [0.25, 0.3) is 34.0 Å². The minimum Gasteiger partial charge on any atom is -0.416 e. The lowest BCUT2D eigenvalue weighted by Gasteiger charge is -2.03. The highest BCUT2D eigenvalue weighted by Gasteiger charge is 2.10. The van der Waals surface area contributed by atoms with E-state index in [9.17, 15) is 0 Å². The summed E-state index contributed by atoms with van der Waals surface area (Å²) in [6, 6.07) is 24.7. The molecule has 3 heteroatoms. The second-order valence-corrected chi connectivity index (χ2v) is 6.23. The van der Waals surface area contributed by atoms with Crippen molar-refractivity contribution in [3.8, 4) is 34.0 Å². The molecule has 122 valence electrons. The average Bonchev–Trinajstić information content (AvgIpc) is 3.12. The maximum Gasteiger partial charge on any atom is 0.248 e. The zero-order chi connectivity index (χ0) is 17.2. The number of hydrogen-bond acceptors (Lipinski definition) is 3. The van der Waals surface area contributed by atoms with E-state index in [0.29, 0.717) is 11.8 Å². The molecular weight excluding hydrogens is 308 g/mol. The van der Waals surface area contributed by atoms with E-state index in [1.807, 2.05) is 43.3 Å². The predicted molar refractivity (Wildman–Crippen MR) is 100 cm³/mol. The molecule has 4 aromatic rings. The quantitative estimate of drug-likeness (QED) is 0.485. The molecule has 1 heterocycles. The van der Waals surface area contributed by atoms with Crippen molar-refractivity contribution in [3.05, 3.63) is 83.9 Å². The van der Waals surface area contributed by atoms with Gasteiger partial charge in [-0.15, -0.1) is 10.2 Å². The Labute approximate surface area is 147 Å². The SMILES string of the molecule is Cc1cccc(-c2ccc(-c3nnc(-c4cccc(C)c4)o3)cc2)c1. The van der Waals surface area contributed by atoms with Gasteiger partial charge in [-0.3, -0.25) is 0 Å². The van der Waals surface area contributed by atoms with Crippen molar-refractivity contribution in [2.45, 2.75) is 13.8 Å². The average molecular weight is 326 g/mol. The summed E-state index contributed by atoms with van der Waals surface area (Å²) >= 11 is 0. The highest BCUT2D eigenvalue weighted by molar-refractivity contribution is 5.68. The van der Waals surface area contributed by atoms with Gasteiger partial charge in [0.1, 0.15) is 0 Å². The molecule has 0 N–H and O–H groups in total. The Morgan fingerprint density at radius 1 is 0.560 bits per heavy atom. The second kappa shape index (κ2) is 6.36. The summed E-state index contributed by atoms with van der Waals surface area (Å²) < 4.78 is 5.85. The Balaban J connectivity index is 1.63. The monoisotopic (exact) mass is 326 g/mol. The summed E-state index contributed by atoms with van der Waals surface area (Å²) in [6.45, 7) is 4.15. The third-order valence-corrected chi connectivity index (χ3v) is 4.17. The molecule has 0 saturated carbocycles. The van der Waals surface area contributed by atoms with E-state index in [1.54, 1.807) is 0 Å². The number of aryl methyl sites for hydroxylation is 2. The Hall–Kier alpha value is -3.20. The molecule has 1 aromatic heterocycles. The van der Waals surface area contributed by atoms with E-state index in [1.165, 1.54) is 22.3 Å². The Bertz CT molecular complexity index is 1020. The lowest BCUT2D eigenvalue weighted by Crippen LogP contribution is -1.81. The fraction of sp³-hybridized carbons (Fsp3) is 0.0909. The Morgan fingerprint density at radius 2 is 1.08 bits per heavy atom. The standard InChI is InChI=1S/C22H18N2O/c1-15-5-3-7-19(13-15)17-9-11-18(12-10-17)21-23-24-22(25-21)20-8-4-6-16(2)14-20/h3-14H,1-2H3. The first-order valence-electron chi connectivity index (χ1n) is 8.27. The van der Waals surface area contributed by atoms with E-state index in [4.69, 9.17) is 4.42 Å². The van der Waals surface area contributed by atoms with Crippen molar-refractivity contribution < 1.29 is 4.42 Å². The maximum absolute atomic E-state index is 5.85. The lowest BCUT2D eigenvalue weighted by atomic mass is 10.0. The van der Waals surface area contributed by atoms with Crippen LogP contribution < -0.4 is 0 Å². The number of hydrogen-bond donors (Lipinski definition) is 0. The topological polar surface area (TPSA) is 38.9 Å². The second-order valence-electron chi connectivity index (χ2n) is 6.23. The Morgan fingerprint density at radius 3 is 1.72 bits per heavy atom. The van der Waals surface area contributed by atoms with Crippen molar-refractivity contribution >= 4 is 0 Å². The van der Waals surface area contributed by atoms with Crippen LogP contribution in [0.1, 0.15) is 11.1 Å². The maximum atomic E-state index is 5.85. The van der Waals surface area contributed by atoms with Gasteiger partial charge in [-0.1, -0.05) is 59.7 Å². The van der Waals surface area contributed by atoms with Crippen LogP contribution in [-0.4, -0.2) is 10.2 Å². The number of rotatable bonds is 3. The summed E-state index contributed by atoms with van der Waals surface area (Å²) in [5, 5.41) is 8.37. The van der Waals surface area contributed by atoms with E-state index >= 15 is 0 Å². The molecule has 0 amide bonds. The zero-order valence-electron chi connectivity index (χ0n) is 14.2. The first-order chi connectivity index (χ1) is 12.2. The number of benzene rings is 3. The van der Waals surface area contributed by atoms with Crippen LogP contribution in [0.4, 0.5) is 0 Å². The highest BCUT2D eigenvalue weighted by Crippen LogP contribution is 2.27. The summed E-state index contributed by atoms with van der Waals surface area (Å²) in [5.74, 6) is 1.08. The van der Waals surface area contributed by atoms with Gasteiger partial charge in [0.2, 0.25) is 11.8 Å². The summed E-state index contributed by atoms with van der Waals surface area (Å²) in [7, 11) is 0. The number of nitrogens with zero attached hydrogens (tertiary/aromatic N) is 2. The highest BCUT2D eigenvalue weighted by atomic mass is 16.4. The molecule has 0 aliphatic heterocycles. The Kier molecular flexibility index (Phi) is 3.90. The van der Waals surface area contributed by atoms with E-state index in [-0.39, 0.29) is 0 Å². The van der Waals surface area contributed by atoms with Crippen molar-refractivity contribution in [2.24, 2.45) is 0 Å². The molecular formula is C22H18N2O. The minimum atomic E-state index is 0.535. The van der Waals surface area contributed by atoms with Gasteiger partial charge in [0.25, 0.3) is 0 Å². The van der Waals surface area contributed by atoms with Crippen LogP contribution in [-0.2, 0) is 0 Å². The van der Waals surface area contributed by atoms with Gasteiger partial charge in [0, 0.05) is 11.1 Å². The van der Waals surface area contributed by atoms with Gasteiger partial charge in [-0.05, 0) is 49.2 Å². The predicted octanol–water partition coefficient (Wildman–Crippen LogP) is 5.69. The molecule has 0 aliphatic rings. The fourth-order valence-electron chi connectivity index (χ4n) is 2.86. The largest absolute Gasteiger partial charge is 0.416 e. The van der Waals surface area contributed by atoms with Crippen LogP contribution in [0.2, 0.25) is 0 Å². The van der Waals surface area contributed by atoms with E-state index in [2.05, 4.69) is 53.5 Å². The summed E-state index contributed by atoms with van der Waals surface area (Å²) in [5.41, 5.74) is 6.65. The van der Waals surface area contributed by atoms with Crippen LogP contribution >= 0.6 is 0 Å². The molecule has 4 rings (SSSR count). The molecule has 0 aliphatic carbocycles. The fourth-order valence-corrected chi connectivity index (χ4v) is 2.86. The molecule has 0 bridgehead atoms. The lowest BCUT2D eigenvalue weighted by molar-refractivity contribution is 0.584. The molecule has 0 unspecified atom stereocenters. The van der Waals surface area contributed by atoms with Crippen molar-refractivity contribution in [2.75, 3.05) is 0 Å². The van der Waals surface area contributed by atoms with Crippen molar-refractivity contribution in [1.29, 1.82) is 0 Å². The molecule has 0 saturated heterocycles.